The standard InChI is InChI=1S/C19H19FN4O2/c1-11-8-12(20)9-15(25)17(11)14-5-6-16-18(22-14)23-19(26-16)21-13-4-3-7-24(2)10-13/h5-6,8-9,25H,3-4,7,10H2,1-2H3/b21-13+. The number of aromatic hydroxyl groups is 1. The molecule has 3 heterocycles. The molecule has 0 saturated carbocycles. The van der Waals surface area contributed by atoms with Crippen molar-refractivity contribution in [2.45, 2.75) is 19.8 Å². The first-order valence-corrected chi connectivity index (χ1v) is 8.51. The van der Waals surface area contributed by atoms with Crippen molar-refractivity contribution in [1.82, 2.24) is 14.9 Å². The molecule has 6 nitrogen and oxygen atoms in total. The number of halogens is 1. The average Bonchev–Trinajstić information content (AvgIpc) is 2.95. The zero-order chi connectivity index (χ0) is 18.3. The Morgan fingerprint density at radius 3 is 2.88 bits per heavy atom. The van der Waals surface area contributed by atoms with Gasteiger partial charge in [-0.15, -0.1) is 0 Å². The minimum atomic E-state index is -0.484. The van der Waals surface area contributed by atoms with E-state index in [-0.39, 0.29) is 11.8 Å². The third-order valence-electron chi connectivity index (χ3n) is 4.49. The highest BCUT2D eigenvalue weighted by Gasteiger charge is 2.16. The highest BCUT2D eigenvalue weighted by Crippen LogP contribution is 2.33. The number of piperidine rings is 1. The number of fused-ring (bicyclic) bond motifs is 1. The first kappa shape index (κ1) is 16.7. The molecule has 1 N–H and O–H groups in total. The molecule has 26 heavy (non-hydrogen) atoms. The Morgan fingerprint density at radius 1 is 1.27 bits per heavy atom. The Kier molecular flexibility index (Phi) is 4.16. The lowest BCUT2D eigenvalue weighted by molar-refractivity contribution is 0.354. The summed E-state index contributed by atoms with van der Waals surface area (Å²) in [6, 6.07) is 6.19. The van der Waals surface area contributed by atoms with Gasteiger partial charge in [-0.25, -0.2) is 14.4 Å². The predicted molar refractivity (Wildman–Crippen MR) is 97.4 cm³/mol. The van der Waals surface area contributed by atoms with Crippen LogP contribution >= 0.6 is 0 Å². The second-order valence-corrected chi connectivity index (χ2v) is 6.65. The van der Waals surface area contributed by atoms with Gasteiger partial charge in [-0.05, 0) is 57.1 Å². The molecule has 0 atom stereocenters. The molecule has 1 aromatic carbocycles. The first-order valence-electron chi connectivity index (χ1n) is 8.51. The molecule has 0 aliphatic carbocycles. The molecule has 0 unspecified atom stereocenters. The van der Waals surface area contributed by atoms with Gasteiger partial charge in [0, 0.05) is 23.9 Å². The van der Waals surface area contributed by atoms with Crippen molar-refractivity contribution in [3.63, 3.8) is 0 Å². The molecule has 4 rings (SSSR count). The van der Waals surface area contributed by atoms with Gasteiger partial charge in [0.05, 0.1) is 5.69 Å². The Morgan fingerprint density at radius 2 is 2.12 bits per heavy atom. The Bertz CT molecular complexity index is 989. The van der Waals surface area contributed by atoms with Crippen LogP contribution in [0.15, 0.2) is 33.7 Å². The van der Waals surface area contributed by atoms with Crippen LogP contribution in [0.4, 0.5) is 10.4 Å². The maximum Gasteiger partial charge on any atom is 0.324 e. The topological polar surface area (TPSA) is 74.8 Å². The van der Waals surface area contributed by atoms with Crippen molar-refractivity contribution < 1.29 is 13.9 Å². The van der Waals surface area contributed by atoms with Gasteiger partial charge in [0.25, 0.3) is 0 Å². The highest BCUT2D eigenvalue weighted by atomic mass is 19.1. The van der Waals surface area contributed by atoms with Crippen molar-refractivity contribution >= 4 is 23.0 Å². The van der Waals surface area contributed by atoms with Crippen LogP contribution in [0, 0.1) is 12.7 Å². The summed E-state index contributed by atoms with van der Waals surface area (Å²) < 4.78 is 19.1. The van der Waals surface area contributed by atoms with Crippen LogP contribution in [0.3, 0.4) is 0 Å². The Hall–Kier alpha value is -2.80. The van der Waals surface area contributed by atoms with Crippen molar-refractivity contribution in [1.29, 1.82) is 0 Å². The summed E-state index contributed by atoms with van der Waals surface area (Å²) in [4.78, 5) is 15.5. The molecule has 1 aliphatic heterocycles. The number of phenols is 1. The van der Waals surface area contributed by atoms with Gasteiger partial charge in [-0.3, -0.25) is 0 Å². The quantitative estimate of drug-likeness (QED) is 0.757. The van der Waals surface area contributed by atoms with E-state index in [0.717, 1.165) is 37.7 Å². The monoisotopic (exact) mass is 354 g/mol. The van der Waals surface area contributed by atoms with Crippen LogP contribution in [0.1, 0.15) is 18.4 Å². The smallest absolute Gasteiger partial charge is 0.324 e. The molecule has 7 heteroatoms. The van der Waals surface area contributed by atoms with Crippen LogP contribution in [-0.2, 0) is 0 Å². The zero-order valence-corrected chi connectivity index (χ0v) is 14.7. The molecule has 2 aromatic heterocycles. The maximum atomic E-state index is 13.4. The van der Waals surface area contributed by atoms with Gasteiger partial charge in [0.2, 0.25) is 5.65 Å². The number of nitrogens with zero attached hydrogens (tertiary/aromatic N) is 4. The van der Waals surface area contributed by atoms with E-state index in [1.165, 1.54) is 6.07 Å². The van der Waals surface area contributed by atoms with Gasteiger partial charge in [0.1, 0.15) is 11.6 Å². The summed E-state index contributed by atoms with van der Waals surface area (Å²) in [7, 11) is 2.06. The average molecular weight is 354 g/mol. The number of aliphatic imine (C=N–C) groups is 1. The van der Waals surface area contributed by atoms with E-state index in [1.54, 1.807) is 19.1 Å². The molecule has 1 aliphatic rings. The van der Waals surface area contributed by atoms with Gasteiger partial charge in [-0.1, -0.05) is 0 Å². The van der Waals surface area contributed by atoms with Crippen molar-refractivity contribution in [3.8, 4) is 17.0 Å². The molecule has 0 radical (unpaired) electrons. The van der Waals surface area contributed by atoms with Crippen molar-refractivity contribution in [2.75, 3.05) is 20.1 Å². The molecular formula is C19H19FN4O2. The summed E-state index contributed by atoms with van der Waals surface area (Å²) in [6.07, 6.45) is 2.01. The summed E-state index contributed by atoms with van der Waals surface area (Å²) in [5, 5.41) is 10.1. The van der Waals surface area contributed by atoms with Gasteiger partial charge in [-0.2, -0.15) is 4.98 Å². The number of phenolic OH excluding ortho intramolecular Hbond substituents is 1. The second-order valence-electron chi connectivity index (χ2n) is 6.65. The van der Waals surface area contributed by atoms with Gasteiger partial charge < -0.3 is 14.4 Å². The fraction of sp³-hybridized carbons (Fsp3) is 0.316. The third kappa shape index (κ3) is 3.17. The normalized spacial score (nSPS) is 17.3. The van der Waals surface area contributed by atoms with E-state index in [9.17, 15) is 9.50 Å². The molecule has 3 aromatic rings. The maximum absolute atomic E-state index is 13.4. The highest BCUT2D eigenvalue weighted by molar-refractivity contribution is 5.89. The summed E-state index contributed by atoms with van der Waals surface area (Å²) in [5.41, 5.74) is 3.57. The summed E-state index contributed by atoms with van der Waals surface area (Å²) >= 11 is 0. The number of oxazole rings is 1. The number of likely N-dealkylation sites (tertiary alicyclic amines) is 1. The molecule has 0 spiro atoms. The molecule has 0 bridgehead atoms. The molecule has 134 valence electrons. The predicted octanol–water partition coefficient (Wildman–Crippen LogP) is 3.84. The van der Waals surface area contributed by atoms with Crippen LogP contribution in [0.2, 0.25) is 0 Å². The van der Waals surface area contributed by atoms with Crippen molar-refractivity contribution in [3.05, 3.63) is 35.6 Å². The number of aromatic nitrogens is 2. The lowest BCUT2D eigenvalue weighted by Gasteiger charge is -2.22. The largest absolute Gasteiger partial charge is 0.507 e. The molecule has 1 fully saturated rings. The third-order valence-corrected chi connectivity index (χ3v) is 4.49. The fourth-order valence-corrected chi connectivity index (χ4v) is 3.30. The number of hydrogen-bond acceptors (Lipinski definition) is 6. The first-order chi connectivity index (χ1) is 12.5. The van der Waals surface area contributed by atoms with Crippen LogP contribution in [0.25, 0.3) is 22.5 Å². The second kappa shape index (κ2) is 6.49. The van der Waals surface area contributed by atoms with E-state index < -0.39 is 5.82 Å². The number of hydrogen-bond donors (Lipinski definition) is 1. The van der Waals surface area contributed by atoms with Crippen LogP contribution in [-0.4, -0.2) is 45.8 Å². The number of benzene rings is 1. The van der Waals surface area contributed by atoms with Gasteiger partial charge in [0.15, 0.2) is 5.58 Å². The SMILES string of the molecule is Cc1cc(F)cc(O)c1-c1ccc2oc(/N=C3\CCCN(C)C3)nc2n1. The minimum absolute atomic E-state index is 0.149. The Labute approximate surface area is 150 Å². The lowest BCUT2D eigenvalue weighted by Crippen LogP contribution is -2.32. The molecule has 1 saturated heterocycles. The van der Waals surface area contributed by atoms with Crippen LogP contribution < -0.4 is 0 Å². The van der Waals surface area contributed by atoms with Crippen LogP contribution in [0.5, 0.6) is 5.75 Å². The van der Waals surface area contributed by atoms with Gasteiger partial charge >= 0.3 is 6.01 Å². The number of aryl methyl sites for hydroxylation is 1. The fourth-order valence-electron chi connectivity index (χ4n) is 3.30. The van der Waals surface area contributed by atoms with E-state index in [1.807, 2.05) is 0 Å². The molecule has 0 amide bonds. The lowest BCUT2D eigenvalue weighted by atomic mass is 10.0. The van der Waals surface area contributed by atoms with E-state index in [2.05, 4.69) is 26.9 Å². The summed E-state index contributed by atoms with van der Waals surface area (Å²) in [5.74, 6) is -0.634. The van der Waals surface area contributed by atoms with E-state index in [0.29, 0.717) is 28.1 Å². The number of rotatable bonds is 2. The van der Waals surface area contributed by atoms with E-state index in [4.69, 9.17) is 4.42 Å². The number of pyridine rings is 1. The molecular weight excluding hydrogens is 335 g/mol. The minimum Gasteiger partial charge on any atom is -0.507 e. The Balaban J connectivity index is 1.72. The van der Waals surface area contributed by atoms with Crippen molar-refractivity contribution in [2.24, 2.45) is 4.99 Å². The van der Waals surface area contributed by atoms with E-state index >= 15 is 0 Å². The summed E-state index contributed by atoms with van der Waals surface area (Å²) in [6.45, 7) is 3.60. The zero-order valence-electron chi connectivity index (χ0n) is 14.7.